The summed E-state index contributed by atoms with van der Waals surface area (Å²) in [5.74, 6) is -0.239. The van der Waals surface area contributed by atoms with E-state index in [1.807, 2.05) is 0 Å². The number of nitrogens with zero attached hydrogens (tertiary/aromatic N) is 3. The third-order valence-electron chi connectivity index (χ3n) is 1.74. The standard InChI is InChI=1S/C9H8BrClN4O/c10-8-5-6(11)1-2-7(8)9(16)13-3-4-14-15-12/h1-2,5H,3-4H2,(H,13,16). The van der Waals surface area contributed by atoms with Gasteiger partial charge in [0.2, 0.25) is 0 Å². The summed E-state index contributed by atoms with van der Waals surface area (Å²) in [7, 11) is 0. The van der Waals surface area contributed by atoms with E-state index in [2.05, 4.69) is 31.3 Å². The highest BCUT2D eigenvalue weighted by Crippen LogP contribution is 2.21. The van der Waals surface area contributed by atoms with Gasteiger partial charge in [0.05, 0.1) is 5.56 Å². The van der Waals surface area contributed by atoms with Gasteiger partial charge in [-0.2, -0.15) is 0 Å². The Bertz CT molecular complexity index is 445. The fourth-order valence-electron chi connectivity index (χ4n) is 1.03. The number of halogens is 2. The highest BCUT2D eigenvalue weighted by atomic mass is 79.9. The molecular formula is C9H8BrClN4O. The van der Waals surface area contributed by atoms with Crippen LogP contribution in [0.4, 0.5) is 0 Å². The molecule has 0 aliphatic carbocycles. The Morgan fingerprint density at radius 2 is 2.38 bits per heavy atom. The van der Waals surface area contributed by atoms with Gasteiger partial charge in [-0.1, -0.05) is 16.7 Å². The molecule has 0 radical (unpaired) electrons. The molecule has 0 unspecified atom stereocenters. The van der Waals surface area contributed by atoms with E-state index in [0.717, 1.165) is 0 Å². The summed E-state index contributed by atoms with van der Waals surface area (Å²) in [4.78, 5) is 14.2. The van der Waals surface area contributed by atoms with Crippen molar-refractivity contribution in [1.82, 2.24) is 5.32 Å². The van der Waals surface area contributed by atoms with Crippen LogP contribution in [0.1, 0.15) is 10.4 Å². The van der Waals surface area contributed by atoms with E-state index >= 15 is 0 Å². The van der Waals surface area contributed by atoms with Crippen LogP contribution in [0.2, 0.25) is 5.02 Å². The zero-order valence-corrected chi connectivity index (χ0v) is 10.5. The van der Waals surface area contributed by atoms with Crippen LogP contribution < -0.4 is 5.32 Å². The van der Waals surface area contributed by atoms with Crippen LogP contribution >= 0.6 is 27.5 Å². The first kappa shape index (κ1) is 12.8. The fraction of sp³-hybridized carbons (Fsp3) is 0.222. The van der Waals surface area contributed by atoms with Crippen LogP contribution in [0.25, 0.3) is 10.4 Å². The maximum Gasteiger partial charge on any atom is 0.252 e. The van der Waals surface area contributed by atoms with Crippen LogP contribution in [-0.4, -0.2) is 19.0 Å². The lowest BCUT2D eigenvalue weighted by Crippen LogP contribution is -2.26. The van der Waals surface area contributed by atoms with Gasteiger partial charge in [0.25, 0.3) is 5.91 Å². The lowest BCUT2D eigenvalue weighted by atomic mass is 10.2. The predicted octanol–water partition coefficient (Wildman–Crippen LogP) is 3.14. The molecule has 84 valence electrons. The van der Waals surface area contributed by atoms with Gasteiger partial charge in [-0.15, -0.1) is 0 Å². The minimum atomic E-state index is -0.239. The normalized spacial score (nSPS) is 9.38. The molecule has 0 aliphatic rings. The molecule has 1 amide bonds. The second-order valence-corrected chi connectivity index (χ2v) is 4.13. The van der Waals surface area contributed by atoms with Crippen molar-refractivity contribution < 1.29 is 4.79 Å². The number of benzene rings is 1. The zero-order chi connectivity index (χ0) is 12.0. The molecule has 0 bridgehead atoms. The third kappa shape index (κ3) is 3.73. The summed E-state index contributed by atoms with van der Waals surface area (Å²) in [6.45, 7) is 0.533. The van der Waals surface area contributed by atoms with E-state index < -0.39 is 0 Å². The average molecular weight is 304 g/mol. The van der Waals surface area contributed by atoms with Crippen LogP contribution in [0.3, 0.4) is 0 Å². The van der Waals surface area contributed by atoms with Crippen molar-refractivity contribution in [2.24, 2.45) is 5.11 Å². The van der Waals surface area contributed by atoms with Gasteiger partial charge in [0.15, 0.2) is 0 Å². The Labute approximate surface area is 106 Å². The second kappa shape index (κ2) is 6.37. The molecule has 1 rings (SSSR count). The molecule has 1 N–H and O–H groups in total. The van der Waals surface area contributed by atoms with E-state index in [0.29, 0.717) is 21.6 Å². The van der Waals surface area contributed by atoms with Crippen LogP contribution in [0, 0.1) is 0 Å². The molecular weight excluding hydrogens is 295 g/mol. The SMILES string of the molecule is [N-]=[N+]=NCCNC(=O)c1ccc(Cl)cc1Br. The predicted molar refractivity (Wildman–Crippen MR) is 65.5 cm³/mol. The fourth-order valence-corrected chi connectivity index (χ4v) is 1.90. The maximum atomic E-state index is 11.6. The van der Waals surface area contributed by atoms with E-state index in [9.17, 15) is 4.79 Å². The number of rotatable bonds is 4. The monoisotopic (exact) mass is 302 g/mol. The first-order valence-electron chi connectivity index (χ1n) is 4.39. The van der Waals surface area contributed by atoms with Crippen molar-refractivity contribution in [1.29, 1.82) is 0 Å². The summed E-state index contributed by atoms with van der Waals surface area (Å²) in [6.07, 6.45) is 0. The lowest BCUT2D eigenvalue weighted by molar-refractivity contribution is 0.0954. The Morgan fingerprint density at radius 3 is 3.00 bits per heavy atom. The lowest BCUT2D eigenvalue weighted by Gasteiger charge is -2.05. The maximum absolute atomic E-state index is 11.6. The minimum absolute atomic E-state index is 0.230. The molecule has 0 aromatic heterocycles. The highest BCUT2D eigenvalue weighted by Gasteiger charge is 2.08. The molecule has 0 aliphatic heterocycles. The summed E-state index contributed by atoms with van der Waals surface area (Å²) in [6, 6.07) is 4.90. The Kier molecular flexibility index (Phi) is 5.11. The van der Waals surface area contributed by atoms with Gasteiger partial charge in [-0.05, 0) is 39.7 Å². The highest BCUT2D eigenvalue weighted by molar-refractivity contribution is 9.10. The number of amides is 1. The Morgan fingerprint density at radius 1 is 1.62 bits per heavy atom. The van der Waals surface area contributed by atoms with Crippen molar-refractivity contribution in [3.8, 4) is 0 Å². The molecule has 1 aromatic carbocycles. The van der Waals surface area contributed by atoms with Gasteiger partial charge in [-0.3, -0.25) is 4.79 Å². The van der Waals surface area contributed by atoms with Crippen LogP contribution in [-0.2, 0) is 0 Å². The largest absolute Gasteiger partial charge is 0.352 e. The summed E-state index contributed by atoms with van der Waals surface area (Å²) in [5.41, 5.74) is 8.54. The van der Waals surface area contributed by atoms with Crippen molar-refractivity contribution >= 4 is 33.4 Å². The summed E-state index contributed by atoms with van der Waals surface area (Å²) >= 11 is 8.99. The quantitative estimate of drug-likeness (QED) is 0.394. The minimum Gasteiger partial charge on any atom is -0.352 e. The van der Waals surface area contributed by atoms with Gasteiger partial charge in [0.1, 0.15) is 0 Å². The first-order valence-corrected chi connectivity index (χ1v) is 5.56. The molecule has 7 heteroatoms. The number of carbonyl (C=O) groups is 1. The summed E-state index contributed by atoms with van der Waals surface area (Å²) < 4.78 is 0.626. The molecule has 0 saturated heterocycles. The molecule has 1 aromatic rings. The molecule has 0 spiro atoms. The number of hydrogen-bond acceptors (Lipinski definition) is 2. The molecule has 0 atom stereocenters. The van der Waals surface area contributed by atoms with Gasteiger partial charge < -0.3 is 5.32 Å². The summed E-state index contributed by atoms with van der Waals surface area (Å²) in [5, 5.41) is 6.48. The molecule has 16 heavy (non-hydrogen) atoms. The Balaban J connectivity index is 2.62. The topological polar surface area (TPSA) is 77.9 Å². The van der Waals surface area contributed by atoms with Gasteiger partial charge >= 0.3 is 0 Å². The van der Waals surface area contributed by atoms with E-state index in [1.54, 1.807) is 18.2 Å². The molecule has 0 saturated carbocycles. The Hall–Kier alpha value is -1.23. The zero-order valence-electron chi connectivity index (χ0n) is 8.15. The third-order valence-corrected chi connectivity index (χ3v) is 2.63. The first-order chi connectivity index (χ1) is 7.65. The second-order valence-electron chi connectivity index (χ2n) is 2.83. The van der Waals surface area contributed by atoms with Crippen LogP contribution in [0.5, 0.6) is 0 Å². The van der Waals surface area contributed by atoms with Crippen LogP contribution in [0.15, 0.2) is 27.8 Å². The molecule has 0 heterocycles. The van der Waals surface area contributed by atoms with Crippen molar-refractivity contribution in [2.75, 3.05) is 13.1 Å². The van der Waals surface area contributed by atoms with Crippen molar-refractivity contribution in [2.45, 2.75) is 0 Å². The van der Waals surface area contributed by atoms with E-state index in [4.69, 9.17) is 17.1 Å². The van der Waals surface area contributed by atoms with E-state index in [-0.39, 0.29) is 12.5 Å². The van der Waals surface area contributed by atoms with Crippen molar-refractivity contribution in [3.05, 3.63) is 43.7 Å². The number of azide groups is 1. The average Bonchev–Trinajstić information content (AvgIpc) is 2.24. The van der Waals surface area contributed by atoms with Crippen molar-refractivity contribution in [3.63, 3.8) is 0 Å². The number of hydrogen-bond donors (Lipinski definition) is 1. The molecule has 0 fully saturated rings. The van der Waals surface area contributed by atoms with E-state index in [1.165, 1.54) is 0 Å². The molecule has 5 nitrogen and oxygen atoms in total. The van der Waals surface area contributed by atoms with Gasteiger partial charge in [-0.25, -0.2) is 0 Å². The van der Waals surface area contributed by atoms with Gasteiger partial charge in [0, 0.05) is 27.5 Å². The smallest absolute Gasteiger partial charge is 0.252 e. The number of nitrogens with one attached hydrogen (secondary N) is 1. The number of carbonyl (C=O) groups excluding carboxylic acids is 1.